The van der Waals surface area contributed by atoms with Gasteiger partial charge in [0.05, 0.1) is 12.2 Å². The Hall–Kier alpha value is -1.05. The van der Waals surface area contributed by atoms with Crippen LogP contribution < -0.4 is 4.74 Å². The van der Waals surface area contributed by atoms with Crippen LogP contribution in [0.25, 0.3) is 0 Å². The van der Waals surface area contributed by atoms with Gasteiger partial charge in [-0.3, -0.25) is 0 Å². The Kier molecular flexibility index (Phi) is 4.44. The zero-order valence-corrected chi connectivity index (χ0v) is 9.37. The van der Waals surface area contributed by atoms with Gasteiger partial charge in [0.25, 0.3) is 0 Å². The second-order valence-electron chi connectivity index (χ2n) is 2.59. The maximum absolute atomic E-state index is 8.68. The van der Waals surface area contributed by atoms with E-state index < -0.39 is 0 Å². The first-order valence-electron chi connectivity index (χ1n) is 4.09. The van der Waals surface area contributed by atoms with Crippen molar-refractivity contribution < 1.29 is 9.47 Å². The second kappa shape index (κ2) is 5.63. The Bertz CT molecular complexity index is 346. The molecule has 74 valence electrons. The fraction of sp³-hybridized carbons (Fsp3) is 0.300. The van der Waals surface area contributed by atoms with Crippen LogP contribution in [0.1, 0.15) is 5.56 Å². The molecule has 1 aromatic rings. The molecule has 0 heterocycles. The highest BCUT2D eigenvalue weighted by Crippen LogP contribution is 2.22. The van der Waals surface area contributed by atoms with Crippen LogP contribution in [0.4, 0.5) is 0 Å². The lowest BCUT2D eigenvalue weighted by Gasteiger charge is -2.05. The molecule has 3 nitrogen and oxygen atoms in total. The summed E-state index contributed by atoms with van der Waals surface area (Å²) < 4.78 is 11.0. The first-order valence-corrected chi connectivity index (χ1v) is 4.88. The van der Waals surface area contributed by atoms with E-state index in [-0.39, 0.29) is 0 Å². The molecule has 0 spiro atoms. The van der Waals surface area contributed by atoms with Crippen LogP contribution in [-0.2, 0) is 4.74 Å². The molecule has 0 aliphatic heterocycles. The van der Waals surface area contributed by atoms with Crippen molar-refractivity contribution in [3.63, 3.8) is 0 Å². The third kappa shape index (κ3) is 3.02. The van der Waals surface area contributed by atoms with Crippen molar-refractivity contribution >= 4 is 15.9 Å². The Morgan fingerprint density at radius 1 is 1.43 bits per heavy atom. The summed E-state index contributed by atoms with van der Waals surface area (Å²) in [4.78, 5) is 0. The van der Waals surface area contributed by atoms with Crippen LogP contribution in [0.15, 0.2) is 22.7 Å². The molecule has 0 atom stereocenters. The van der Waals surface area contributed by atoms with Gasteiger partial charge in [0, 0.05) is 11.6 Å². The minimum atomic E-state index is 0.509. The molecule has 4 heteroatoms. The van der Waals surface area contributed by atoms with Crippen LogP contribution >= 0.6 is 15.9 Å². The van der Waals surface area contributed by atoms with Gasteiger partial charge in [-0.1, -0.05) is 0 Å². The van der Waals surface area contributed by atoms with Gasteiger partial charge in [-0.25, -0.2) is 0 Å². The molecule has 0 bridgehead atoms. The molecule has 0 unspecified atom stereocenters. The van der Waals surface area contributed by atoms with Gasteiger partial charge in [0.2, 0.25) is 0 Å². The number of nitriles is 1. The summed E-state index contributed by atoms with van der Waals surface area (Å²) in [6, 6.07) is 7.31. The largest absolute Gasteiger partial charge is 0.491 e. The van der Waals surface area contributed by atoms with Crippen molar-refractivity contribution in [3.05, 3.63) is 28.2 Å². The summed E-state index contributed by atoms with van der Waals surface area (Å²) >= 11 is 3.28. The number of halogens is 1. The van der Waals surface area contributed by atoms with E-state index in [0.717, 1.165) is 10.2 Å². The lowest BCUT2D eigenvalue weighted by molar-refractivity contribution is 0.146. The third-order valence-electron chi connectivity index (χ3n) is 1.62. The number of ether oxygens (including phenoxy) is 2. The lowest BCUT2D eigenvalue weighted by Crippen LogP contribution is -2.04. The minimum absolute atomic E-state index is 0.509. The number of nitrogens with zero attached hydrogens (tertiary/aromatic N) is 1. The van der Waals surface area contributed by atoms with Crippen LogP contribution in [-0.4, -0.2) is 20.3 Å². The van der Waals surface area contributed by atoms with E-state index in [1.165, 1.54) is 0 Å². The van der Waals surface area contributed by atoms with E-state index in [0.29, 0.717) is 18.8 Å². The smallest absolute Gasteiger partial charge is 0.120 e. The van der Waals surface area contributed by atoms with Gasteiger partial charge in [-0.2, -0.15) is 5.26 Å². The van der Waals surface area contributed by atoms with E-state index >= 15 is 0 Å². The fourth-order valence-electron chi connectivity index (χ4n) is 0.919. The number of benzene rings is 1. The second-order valence-corrected chi connectivity index (χ2v) is 3.45. The summed E-state index contributed by atoms with van der Waals surface area (Å²) in [6.07, 6.45) is 0. The van der Waals surface area contributed by atoms with Crippen LogP contribution in [0.5, 0.6) is 5.75 Å². The maximum atomic E-state index is 8.68. The molecular formula is C10H10BrNO2. The van der Waals surface area contributed by atoms with E-state index in [1.807, 2.05) is 0 Å². The van der Waals surface area contributed by atoms with E-state index in [1.54, 1.807) is 25.3 Å². The quantitative estimate of drug-likeness (QED) is 0.776. The van der Waals surface area contributed by atoms with Crippen LogP contribution in [0.2, 0.25) is 0 Å². The number of methoxy groups -OCH3 is 1. The van der Waals surface area contributed by atoms with Crippen molar-refractivity contribution in [1.82, 2.24) is 0 Å². The molecule has 0 aliphatic carbocycles. The van der Waals surface area contributed by atoms with Crippen molar-refractivity contribution in [3.8, 4) is 11.8 Å². The number of rotatable bonds is 4. The monoisotopic (exact) mass is 255 g/mol. The minimum Gasteiger partial charge on any atom is -0.491 e. The van der Waals surface area contributed by atoms with E-state index in [4.69, 9.17) is 14.7 Å². The van der Waals surface area contributed by atoms with E-state index in [2.05, 4.69) is 22.0 Å². The molecule has 0 amide bonds. The third-order valence-corrected chi connectivity index (χ3v) is 2.27. The fourth-order valence-corrected chi connectivity index (χ4v) is 1.37. The molecule has 0 aromatic heterocycles. The average Bonchev–Trinajstić information content (AvgIpc) is 2.18. The van der Waals surface area contributed by atoms with Gasteiger partial charge in [-0.15, -0.1) is 0 Å². The standard InChI is InChI=1S/C10H10BrNO2/c1-13-4-5-14-9-3-2-8(7-12)10(11)6-9/h2-3,6H,4-5H2,1H3. The molecule has 0 saturated carbocycles. The molecular weight excluding hydrogens is 246 g/mol. The first kappa shape index (κ1) is 11.0. The molecule has 0 aliphatic rings. The SMILES string of the molecule is COCCOc1ccc(C#N)c(Br)c1. The zero-order chi connectivity index (χ0) is 10.4. The maximum Gasteiger partial charge on any atom is 0.120 e. The zero-order valence-electron chi connectivity index (χ0n) is 7.79. The predicted octanol–water partition coefficient (Wildman–Crippen LogP) is 2.35. The highest BCUT2D eigenvalue weighted by molar-refractivity contribution is 9.10. The lowest BCUT2D eigenvalue weighted by atomic mass is 10.2. The number of hydrogen-bond donors (Lipinski definition) is 0. The average molecular weight is 256 g/mol. The Morgan fingerprint density at radius 2 is 2.21 bits per heavy atom. The number of hydrogen-bond acceptors (Lipinski definition) is 3. The van der Waals surface area contributed by atoms with Crippen molar-refractivity contribution in [2.24, 2.45) is 0 Å². The molecule has 0 saturated heterocycles. The van der Waals surface area contributed by atoms with Gasteiger partial charge in [-0.05, 0) is 34.1 Å². The van der Waals surface area contributed by atoms with Crippen LogP contribution in [0.3, 0.4) is 0 Å². The summed E-state index contributed by atoms with van der Waals surface area (Å²) in [6.45, 7) is 1.06. The molecule has 0 N–H and O–H groups in total. The van der Waals surface area contributed by atoms with Gasteiger partial charge in [0.1, 0.15) is 18.4 Å². The Balaban J connectivity index is 2.63. The Morgan fingerprint density at radius 3 is 2.79 bits per heavy atom. The van der Waals surface area contributed by atoms with Crippen LogP contribution in [0, 0.1) is 11.3 Å². The Labute approximate surface area is 91.4 Å². The predicted molar refractivity (Wildman–Crippen MR) is 56.2 cm³/mol. The van der Waals surface area contributed by atoms with Gasteiger partial charge in [0.15, 0.2) is 0 Å². The van der Waals surface area contributed by atoms with Crippen molar-refractivity contribution in [1.29, 1.82) is 5.26 Å². The summed E-state index contributed by atoms with van der Waals surface area (Å²) in [7, 11) is 1.62. The van der Waals surface area contributed by atoms with Crippen molar-refractivity contribution in [2.45, 2.75) is 0 Å². The highest BCUT2D eigenvalue weighted by atomic mass is 79.9. The molecule has 0 fully saturated rings. The van der Waals surface area contributed by atoms with Gasteiger partial charge >= 0.3 is 0 Å². The molecule has 14 heavy (non-hydrogen) atoms. The summed E-state index contributed by atoms with van der Waals surface area (Å²) in [5, 5.41) is 8.68. The molecule has 1 aromatic carbocycles. The van der Waals surface area contributed by atoms with Crippen molar-refractivity contribution in [2.75, 3.05) is 20.3 Å². The normalized spacial score (nSPS) is 9.50. The van der Waals surface area contributed by atoms with E-state index in [9.17, 15) is 0 Å². The summed E-state index contributed by atoms with van der Waals surface area (Å²) in [5.74, 6) is 0.730. The molecule has 0 radical (unpaired) electrons. The molecule has 1 rings (SSSR count). The summed E-state index contributed by atoms with van der Waals surface area (Å²) in [5.41, 5.74) is 0.601. The van der Waals surface area contributed by atoms with Gasteiger partial charge < -0.3 is 9.47 Å². The first-order chi connectivity index (χ1) is 6.77. The highest BCUT2D eigenvalue weighted by Gasteiger charge is 2.00. The topological polar surface area (TPSA) is 42.2 Å².